The van der Waals surface area contributed by atoms with E-state index in [2.05, 4.69) is 49.3 Å². The van der Waals surface area contributed by atoms with Crippen LogP contribution in [0.5, 0.6) is 0 Å². The van der Waals surface area contributed by atoms with E-state index in [1.165, 1.54) is 0 Å². The number of esters is 1. The van der Waals surface area contributed by atoms with E-state index >= 15 is 0 Å². The quantitative estimate of drug-likeness (QED) is 0.589. The van der Waals surface area contributed by atoms with Crippen molar-refractivity contribution in [3.63, 3.8) is 0 Å². The minimum Gasteiger partial charge on any atom is -0.452 e. The van der Waals surface area contributed by atoms with Crippen molar-refractivity contribution in [3.8, 4) is 0 Å². The van der Waals surface area contributed by atoms with E-state index in [1.807, 2.05) is 18.2 Å². The van der Waals surface area contributed by atoms with Gasteiger partial charge in [-0.05, 0) is 31.2 Å². The van der Waals surface area contributed by atoms with Crippen molar-refractivity contribution in [2.24, 2.45) is 11.8 Å². The van der Waals surface area contributed by atoms with Gasteiger partial charge < -0.3 is 10.1 Å². The molecule has 3 nitrogen and oxygen atoms in total. The average molecular weight is 429 g/mol. The van der Waals surface area contributed by atoms with Crippen LogP contribution in [0.4, 0.5) is 0 Å². The number of alkyl halides is 2. The molecular weight excluding hydrogens is 410 g/mol. The van der Waals surface area contributed by atoms with E-state index < -0.39 is 9.34 Å². The van der Waals surface area contributed by atoms with Gasteiger partial charge in [-0.25, -0.2) is 4.79 Å². The second-order valence-corrected chi connectivity index (χ2v) is 9.84. The summed E-state index contributed by atoms with van der Waals surface area (Å²) in [6.45, 7) is 0. The van der Waals surface area contributed by atoms with Crippen molar-refractivity contribution in [2.45, 2.75) is 47.1 Å². The Labute approximate surface area is 147 Å². The Bertz CT molecular complexity index is 547. The fraction of sp³-hybridized carbons (Fsp3) is 0.588. The lowest BCUT2D eigenvalue weighted by Gasteiger charge is -2.60. The van der Waals surface area contributed by atoms with Crippen LogP contribution in [0.3, 0.4) is 0 Å². The third-order valence-corrected chi connectivity index (χ3v) is 6.38. The molecule has 2 saturated heterocycles. The molecule has 2 saturated carbocycles. The molecule has 4 bridgehead atoms. The lowest BCUT2D eigenvalue weighted by atomic mass is 9.54. The standard InChI is InChI=1S/C17H19Br2NO2/c18-15(19)16(21)22-17(10-4-2-1-3-5-10)11-6-13-8-12(17)9-14(7-11)20-13/h1-5,11-15,20H,6-9H2. The SMILES string of the molecule is O=C(OC1(c2ccccc2)C2CC3CC1CC(C2)N3)C(Br)Br. The largest absolute Gasteiger partial charge is 0.452 e. The average Bonchev–Trinajstić information content (AvgIpc) is 2.51. The molecule has 118 valence electrons. The molecule has 1 aromatic carbocycles. The van der Waals surface area contributed by atoms with Crippen LogP contribution in [0.25, 0.3) is 0 Å². The molecule has 2 aliphatic heterocycles. The van der Waals surface area contributed by atoms with E-state index in [9.17, 15) is 4.79 Å². The Morgan fingerprint density at radius 3 is 2.14 bits per heavy atom. The molecule has 0 aromatic heterocycles. The predicted octanol–water partition coefficient (Wildman–Crippen LogP) is 3.70. The molecule has 2 aliphatic carbocycles. The number of hydrogen-bond donors (Lipinski definition) is 1. The van der Waals surface area contributed by atoms with Crippen molar-refractivity contribution in [1.82, 2.24) is 5.32 Å². The van der Waals surface area contributed by atoms with Crippen LogP contribution in [0.2, 0.25) is 0 Å². The first-order valence-electron chi connectivity index (χ1n) is 7.92. The van der Waals surface area contributed by atoms with Gasteiger partial charge in [-0.1, -0.05) is 62.2 Å². The van der Waals surface area contributed by atoms with Gasteiger partial charge in [0, 0.05) is 23.9 Å². The number of piperidine rings is 2. The van der Waals surface area contributed by atoms with Crippen LogP contribution in [-0.4, -0.2) is 21.8 Å². The first kappa shape index (κ1) is 15.2. The molecule has 4 aliphatic rings. The van der Waals surface area contributed by atoms with Gasteiger partial charge >= 0.3 is 5.97 Å². The molecule has 5 rings (SSSR count). The summed E-state index contributed by atoms with van der Waals surface area (Å²) in [5, 5.41) is 3.72. The smallest absolute Gasteiger partial charge is 0.331 e. The number of rotatable bonds is 3. The number of carbonyl (C=O) groups is 1. The second-order valence-electron chi connectivity index (χ2n) is 6.78. The highest BCUT2D eigenvalue weighted by Gasteiger charge is 2.60. The molecule has 0 unspecified atom stereocenters. The zero-order valence-electron chi connectivity index (χ0n) is 12.2. The normalized spacial score (nSPS) is 39.2. The van der Waals surface area contributed by atoms with Gasteiger partial charge in [0.15, 0.2) is 3.74 Å². The molecule has 4 fully saturated rings. The molecule has 1 aromatic rings. The van der Waals surface area contributed by atoms with Gasteiger partial charge in [-0.2, -0.15) is 0 Å². The Hall–Kier alpha value is -0.390. The number of halogens is 2. The van der Waals surface area contributed by atoms with Crippen LogP contribution < -0.4 is 5.32 Å². The summed E-state index contributed by atoms with van der Waals surface area (Å²) in [7, 11) is 0. The number of carbonyl (C=O) groups excluding carboxylic acids is 1. The van der Waals surface area contributed by atoms with Gasteiger partial charge in [-0.15, -0.1) is 0 Å². The molecule has 22 heavy (non-hydrogen) atoms. The highest BCUT2D eigenvalue weighted by molar-refractivity contribution is 9.25. The minimum atomic E-state index is -0.451. The Morgan fingerprint density at radius 1 is 1.09 bits per heavy atom. The van der Waals surface area contributed by atoms with Gasteiger partial charge in [0.25, 0.3) is 0 Å². The number of benzene rings is 1. The molecule has 5 heteroatoms. The van der Waals surface area contributed by atoms with Crippen LogP contribution in [-0.2, 0) is 15.1 Å². The van der Waals surface area contributed by atoms with E-state index in [4.69, 9.17) is 4.74 Å². The van der Waals surface area contributed by atoms with Crippen molar-refractivity contribution in [1.29, 1.82) is 0 Å². The van der Waals surface area contributed by atoms with Crippen LogP contribution in [0.1, 0.15) is 31.2 Å². The van der Waals surface area contributed by atoms with E-state index in [0.29, 0.717) is 23.9 Å². The Balaban J connectivity index is 1.78. The molecule has 0 amide bonds. The van der Waals surface area contributed by atoms with Crippen LogP contribution in [0.15, 0.2) is 30.3 Å². The first-order valence-corrected chi connectivity index (χ1v) is 9.75. The molecule has 1 N–H and O–H groups in total. The molecule has 0 spiro atoms. The summed E-state index contributed by atoms with van der Waals surface area (Å²) in [5.74, 6) is 0.618. The predicted molar refractivity (Wildman–Crippen MR) is 92.0 cm³/mol. The van der Waals surface area contributed by atoms with E-state index in [0.717, 1.165) is 31.2 Å². The maximum absolute atomic E-state index is 12.4. The summed E-state index contributed by atoms with van der Waals surface area (Å²) in [5.41, 5.74) is 0.713. The second kappa shape index (κ2) is 5.60. The maximum Gasteiger partial charge on any atom is 0.331 e. The molecule has 2 heterocycles. The fourth-order valence-corrected chi connectivity index (χ4v) is 5.19. The highest BCUT2D eigenvalue weighted by Crippen LogP contribution is 2.58. The van der Waals surface area contributed by atoms with Crippen molar-refractivity contribution in [2.75, 3.05) is 0 Å². The summed E-state index contributed by atoms with van der Waals surface area (Å²) in [4.78, 5) is 12.4. The van der Waals surface area contributed by atoms with Gasteiger partial charge in [0.05, 0.1) is 0 Å². The minimum absolute atomic E-state index is 0.218. The van der Waals surface area contributed by atoms with E-state index in [-0.39, 0.29) is 5.97 Å². The third kappa shape index (κ3) is 2.28. The maximum atomic E-state index is 12.4. The zero-order chi connectivity index (χ0) is 15.3. The third-order valence-electron chi connectivity index (χ3n) is 5.63. The highest BCUT2D eigenvalue weighted by atomic mass is 79.9. The van der Waals surface area contributed by atoms with Crippen molar-refractivity contribution in [3.05, 3.63) is 35.9 Å². The topological polar surface area (TPSA) is 38.3 Å². The van der Waals surface area contributed by atoms with Crippen LogP contribution in [0, 0.1) is 11.8 Å². The van der Waals surface area contributed by atoms with Gasteiger partial charge in [-0.3, -0.25) is 0 Å². The van der Waals surface area contributed by atoms with Gasteiger partial charge in [0.2, 0.25) is 0 Å². The van der Waals surface area contributed by atoms with Crippen molar-refractivity contribution < 1.29 is 9.53 Å². The number of ether oxygens (including phenoxy) is 1. The number of nitrogens with one attached hydrogen (secondary N) is 1. The molecular formula is C17H19Br2NO2. The zero-order valence-corrected chi connectivity index (χ0v) is 15.3. The van der Waals surface area contributed by atoms with E-state index in [1.54, 1.807) is 0 Å². The Morgan fingerprint density at radius 2 is 1.64 bits per heavy atom. The first-order chi connectivity index (χ1) is 10.6. The van der Waals surface area contributed by atoms with Gasteiger partial charge in [0.1, 0.15) is 5.60 Å². The summed E-state index contributed by atoms with van der Waals surface area (Å²) >= 11 is 6.59. The lowest BCUT2D eigenvalue weighted by molar-refractivity contribution is -0.204. The molecule has 0 atom stereocenters. The van der Waals surface area contributed by atoms with Crippen molar-refractivity contribution >= 4 is 37.8 Å². The summed E-state index contributed by atoms with van der Waals surface area (Å²) < 4.78 is 5.75. The summed E-state index contributed by atoms with van der Waals surface area (Å²) in [6, 6.07) is 11.6. The van der Waals surface area contributed by atoms with Crippen LogP contribution >= 0.6 is 31.9 Å². The lowest BCUT2D eigenvalue weighted by Crippen LogP contribution is -2.66. The summed E-state index contributed by atoms with van der Waals surface area (Å²) in [6.07, 6.45) is 4.41. The fourth-order valence-electron chi connectivity index (χ4n) is 5.00. The Kier molecular flexibility index (Phi) is 3.86. The number of hydrogen-bond acceptors (Lipinski definition) is 3. The monoisotopic (exact) mass is 427 g/mol. The molecule has 0 radical (unpaired) electrons.